The highest BCUT2D eigenvalue weighted by atomic mass is 32.2. The van der Waals surface area contributed by atoms with Crippen LogP contribution in [0.1, 0.15) is 42.2 Å². The molecule has 2 aliphatic heterocycles. The number of aromatic nitrogens is 6. The van der Waals surface area contributed by atoms with Crippen molar-refractivity contribution in [3.63, 3.8) is 0 Å². The number of rotatable bonds is 5. The summed E-state index contributed by atoms with van der Waals surface area (Å²) in [6.07, 6.45) is 17.8. The van der Waals surface area contributed by atoms with Gasteiger partial charge in [0.25, 0.3) is 0 Å². The van der Waals surface area contributed by atoms with Crippen LogP contribution in [0.4, 0.5) is 11.8 Å². The van der Waals surface area contributed by atoms with E-state index in [-0.39, 0.29) is 5.54 Å². The lowest BCUT2D eigenvalue weighted by molar-refractivity contribution is 0.684. The topological polar surface area (TPSA) is 113 Å². The molecule has 1 saturated carbocycles. The van der Waals surface area contributed by atoms with Crippen molar-refractivity contribution in [2.45, 2.75) is 36.1 Å². The molecular weight excluding hydrogens is 436 g/mol. The van der Waals surface area contributed by atoms with Gasteiger partial charge in [0.15, 0.2) is 5.82 Å². The van der Waals surface area contributed by atoms with Crippen LogP contribution < -0.4 is 10.2 Å². The van der Waals surface area contributed by atoms with E-state index in [1.165, 1.54) is 0 Å². The summed E-state index contributed by atoms with van der Waals surface area (Å²) < 4.78 is 12.7. The van der Waals surface area contributed by atoms with Crippen molar-refractivity contribution in [1.82, 2.24) is 29.9 Å². The summed E-state index contributed by atoms with van der Waals surface area (Å²) in [5.74, 6) is 6.05. The number of aryl methyl sites for hydroxylation is 1. The highest BCUT2D eigenvalue weighted by molar-refractivity contribution is 7.85. The highest BCUT2D eigenvalue weighted by Crippen LogP contribution is 2.48. The van der Waals surface area contributed by atoms with Crippen LogP contribution in [0.25, 0.3) is 5.57 Å². The molecule has 0 radical (unpaired) electrons. The molecule has 9 nitrogen and oxygen atoms in total. The van der Waals surface area contributed by atoms with Crippen molar-refractivity contribution in [2.24, 2.45) is 0 Å². The molecule has 0 amide bonds. The number of terminal acetylenes is 1. The van der Waals surface area contributed by atoms with Crippen molar-refractivity contribution in [2.75, 3.05) is 29.1 Å². The number of nitrogens with zero attached hydrogens (tertiary/aromatic N) is 6. The van der Waals surface area contributed by atoms with E-state index in [0.717, 1.165) is 47.8 Å². The minimum atomic E-state index is -1.09. The van der Waals surface area contributed by atoms with E-state index in [1.807, 2.05) is 6.20 Å². The van der Waals surface area contributed by atoms with Gasteiger partial charge >= 0.3 is 0 Å². The number of H-pyrrole nitrogens is 1. The average Bonchev–Trinajstić information content (AvgIpc) is 3.24. The van der Waals surface area contributed by atoms with E-state index in [0.29, 0.717) is 41.9 Å². The lowest BCUT2D eigenvalue weighted by atomic mass is 10.1. The van der Waals surface area contributed by atoms with Gasteiger partial charge in [-0.1, -0.05) is 12.0 Å². The summed E-state index contributed by atoms with van der Waals surface area (Å²) in [6, 6.07) is 0. The number of hydrogen-bond donors (Lipinski definition) is 2. The first-order valence-electron chi connectivity index (χ1n) is 11.0. The Kier molecular flexibility index (Phi) is 4.73. The number of imidazole rings is 1. The third-order valence-corrected chi connectivity index (χ3v) is 7.79. The molecule has 10 heteroatoms. The Balaban J connectivity index is 1.28. The lowest BCUT2D eigenvalue weighted by Crippen LogP contribution is -2.31. The normalized spacial score (nSPS) is 20.6. The second-order valence-electron chi connectivity index (χ2n) is 8.46. The molecule has 5 heterocycles. The predicted octanol–water partition coefficient (Wildman–Crippen LogP) is 2.03. The molecule has 3 aromatic heterocycles. The lowest BCUT2D eigenvalue weighted by Gasteiger charge is -2.27. The Hall–Kier alpha value is -3.58. The molecule has 2 N–H and O–H groups in total. The van der Waals surface area contributed by atoms with Gasteiger partial charge in [0.1, 0.15) is 16.5 Å². The van der Waals surface area contributed by atoms with Crippen LogP contribution in [-0.4, -0.2) is 53.0 Å². The van der Waals surface area contributed by atoms with E-state index in [4.69, 9.17) is 16.4 Å². The third kappa shape index (κ3) is 3.58. The van der Waals surface area contributed by atoms with Gasteiger partial charge in [-0.25, -0.2) is 19.9 Å². The fraction of sp³-hybridized carbons (Fsp3) is 0.348. The maximum atomic E-state index is 12.7. The molecular formula is C23H22N8OS. The molecule has 0 bridgehead atoms. The number of hydrogen-bond acceptors (Lipinski definition) is 8. The van der Waals surface area contributed by atoms with Crippen LogP contribution in [-0.2, 0) is 22.8 Å². The zero-order chi connectivity index (χ0) is 22.4. The van der Waals surface area contributed by atoms with E-state index < -0.39 is 10.8 Å². The zero-order valence-corrected chi connectivity index (χ0v) is 18.7. The number of nitrogens with one attached hydrogen (secondary N) is 2. The first kappa shape index (κ1) is 20.1. The Morgan fingerprint density at radius 3 is 2.70 bits per heavy atom. The van der Waals surface area contributed by atoms with Gasteiger partial charge in [0.2, 0.25) is 5.95 Å². The molecule has 0 saturated heterocycles. The SMILES string of the molecule is C#Cc1cnc(C2=CCN(c3nc4c(c(NC5(c6ncc[nH]6)CC5)n3)[S@](=O)CC4)CC2)nc1. The first-order valence-corrected chi connectivity index (χ1v) is 12.3. The van der Waals surface area contributed by atoms with E-state index in [1.54, 1.807) is 18.6 Å². The molecule has 1 fully saturated rings. The van der Waals surface area contributed by atoms with Crippen molar-refractivity contribution >= 4 is 28.1 Å². The van der Waals surface area contributed by atoms with Crippen LogP contribution in [0.2, 0.25) is 0 Å². The number of fused-ring (bicyclic) bond motifs is 1. The Bertz CT molecular complexity index is 1310. The molecule has 33 heavy (non-hydrogen) atoms. The fourth-order valence-corrected chi connectivity index (χ4v) is 5.64. The molecule has 166 valence electrons. The summed E-state index contributed by atoms with van der Waals surface area (Å²) in [7, 11) is -1.09. The molecule has 0 aromatic carbocycles. The molecule has 1 atom stereocenters. The van der Waals surface area contributed by atoms with Crippen molar-refractivity contribution in [3.8, 4) is 12.3 Å². The summed E-state index contributed by atoms with van der Waals surface area (Å²) in [5, 5.41) is 3.57. The Morgan fingerprint density at radius 2 is 2.03 bits per heavy atom. The number of anilines is 2. The van der Waals surface area contributed by atoms with E-state index in [9.17, 15) is 4.21 Å². The second-order valence-corrected chi connectivity index (χ2v) is 9.97. The molecule has 6 rings (SSSR count). The quantitative estimate of drug-likeness (QED) is 0.559. The van der Waals surface area contributed by atoms with Crippen molar-refractivity contribution < 1.29 is 4.21 Å². The first-order chi connectivity index (χ1) is 16.1. The van der Waals surface area contributed by atoms with Crippen LogP contribution >= 0.6 is 0 Å². The van der Waals surface area contributed by atoms with Crippen molar-refractivity contribution in [1.29, 1.82) is 0 Å². The molecule has 0 unspecified atom stereocenters. The van der Waals surface area contributed by atoms with Gasteiger partial charge in [-0.15, -0.1) is 6.42 Å². The summed E-state index contributed by atoms with van der Waals surface area (Å²) in [5.41, 5.74) is 2.36. The molecule has 3 aliphatic rings. The standard InChI is InChI=1S/C23H22N8OS/c1-2-15-13-26-19(27-14-15)16-3-10-31(11-4-16)22-28-17-5-12-33(32)18(17)20(29-22)30-23(6-7-23)21-24-8-9-25-21/h1,3,8-9,13-14H,4-7,10-12H2,(H,24,25)(H,28,29,30)/t33-/m1/s1. The van der Waals surface area contributed by atoms with Gasteiger partial charge in [-0.2, -0.15) is 4.98 Å². The van der Waals surface area contributed by atoms with Crippen LogP contribution in [0.5, 0.6) is 0 Å². The highest BCUT2D eigenvalue weighted by Gasteiger charge is 2.48. The fourth-order valence-electron chi connectivity index (χ4n) is 4.33. The largest absolute Gasteiger partial charge is 0.356 e. The van der Waals surface area contributed by atoms with Gasteiger partial charge in [-0.3, -0.25) is 4.21 Å². The van der Waals surface area contributed by atoms with Crippen LogP contribution in [0.15, 0.2) is 35.8 Å². The summed E-state index contributed by atoms with van der Waals surface area (Å²) in [4.78, 5) is 29.0. The predicted molar refractivity (Wildman–Crippen MR) is 125 cm³/mol. The van der Waals surface area contributed by atoms with Gasteiger partial charge < -0.3 is 15.2 Å². The van der Waals surface area contributed by atoms with Crippen LogP contribution in [0, 0.1) is 12.3 Å². The monoisotopic (exact) mass is 458 g/mol. The van der Waals surface area contributed by atoms with E-state index in [2.05, 4.69) is 42.1 Å². The second kappa shape index (κ2) is 7.78. The molecule has 0 spiro atoms. The third-order valence-electron chi connectivity index (χ3n) is 6.33. The van der Waals surface area contributed by atoms with Gasteiger partial charge in [0.05, 0.1) is 27.6 Å². The Morgan fingerprint density at radius 1 is 1.18 bits per heavy atom. The van der Waals surface area contributed by atoms with Crippen LogP contribution in [0.3, 0.4) is 0 Å². The maximum absolute atomic E-state index is 12.7. The average molecular weight is 459 g/mol. The smallest absolute Gasteiger partial charge is 0.227 e. The number of aromatic amines is 1. The summed E-state index contributed by atoms with van der Waals surface area (Å²) in [6.45, 7) is 1.40. The van der Waals surface area contributed by atoms with Crippen molar-refractivity contribution in [3.05, 3.63) is 53.8 Å². The summed E-state index contributed by atoms with van der Waals surface area (Å²) >= 11 is 0. The maximum Gasteiger partial charge on any atom is 0.227 e. The van der Waals surface area contributed by atoms with E-state index >= 15 is 0 Å². The zero-order valence-electron chi connectivity index (χ0n) is 17.9. The Labute approximate surface area is 193 Å². The molecule has 3 aromatic rings. The minimum Gasteiger partial charge on any atom is -0.356 e. The van der Waals surface area contributed by atoms with Gasteiger partial charge in [-0.05, 0) is 24.8 Å². The molecule has 1 aliphatic carbocycles. The van der Waals surface area contributed by atoms with Gasteiger partial charge in [0, 0.05) is 50.1 Å². The minimum absolute atomic E-state index is 0.271.